The van der Waals surface area contributed by atoms with Gasteiger partial charge in [-0.1, -0.05) is 11.6 Å². The number of anilines is 1. The summed E-state index contributed by atoms with van der Waals surface area (Å²) >= 11 is 0. The number of aryl methyl sites for hydroxylation is 1. The Kier molecular flexibility index (Phi) is 5.09. The smallest absolute Gasteiger partial charge is 0.0728 e. The molecule has 1 atom stereocenters. The molecule has 1 aromatic rings. The standard InChI is InChI=1S/C13H23N3/c1-5-16-10-13(9-14-16)15-12(4)8-6-7-11(2)3/h7,9-10,12,15H,5-6,8H2,1-4H3. The Morgan fingerprint density at radius 3 is 2.88 bits per heavy atom. The van der Waals surface area contributed by atoms with Gasteiger partial charge < -0.3 is 5.32 Å². The second kappa shape index (κ2) is 6.36. The molecule has 0 aliphatic rings. The van der Waals surface area contributed by atoms with Crippen LogP contribution in [0.1, 0.15) is 40.5 Å². The first-order valence-electron chi connectivity index (χ1n) is 6.04. The monoisotopic (exact) mass is 221 g/mol. The average molecular weight is 221 g/mol. The Hall–Kier alpha value is -1.25. The maximum Gasteiger partial charge on any atom is 0.0728 e. The molecule has 1 aromatic heterocycles. The van der Waals surface area contributed by atoms with E-state index >= 15 is 0 Å². The Bertz CT molecular complexity index is 335. The Morgan fingerprint density at radius 1 is 1.56 bits per heavy atom. The molecule has 1 rings (SSSR count). The maximum absolute atomic E-state index is 4.24. The Morgan fingerprint density at radius 2 is 2.31 bits per heavy atom. The van der Waals surface area contributed by atoms with E-state index in [9.17, 15) is 0 Å². The van der Waals surface area contributed by atoms with Crippen LogP contribution in [0.2, 0.25) is 0 Å². The van der Waals surface area contributed by atoms with Crippen LogP contribution >= 0.6 is 0 Å². The molecular weight excluding hydrogens is 198 g/mol. The molecule has 0 aliphatic carbocycles. The average Bonchev–Trinajstić information content (AvgIpc) is 2.65. The maximum atomic E-state index is 4.24. The van der Waals surface area contributed by atoms with Crippen molar-refractivity contribution >= 4 is 5.69 Å². The topological polar surface area (TPSA) is 29.9 Å². The molecule has 0 saturated heterocycles. The van der Waals surface area contributed by atoms with Crippen molar-refractivity contribution in [1.82, 2.24) is 9.78 Å². The van der Waals surface area contributed by atoms with Gasteiger partial charge in [0.2, 0.25) is 0 Å². The normalized spacial score (nSPS) is 12.2. The van der Waals surface area contributed by atoms with Crippen LogP contribution in [0.3, 0.4) is 0 Å². The summed E-state index contributed by atoms with van der Waals surface area (Å²) in [5.74, 6) is 0. The number of nitrogens with zero attached hydrogens (tertiary/aromatic N) is 2. The second-order valence-corrected chi connectivity index (χ2v) is 4.49. The van der Waals surface area contributed by atoms with E-state index in [4.69, 9.17) is 0 Å². The van der Waals surface area contributed by atoms with Gasteiger partial charge in [0.25, 0.3) is 0 Å². The van der Waals surface area contributed by atoms with E-state index in [-0.39, 0.29) is 0 Å². The van der Waals surface area contributed by atoms with E-state index in [1.165, 1.54) is 5.57 Å². The van der Waals surface area contributed by atoms with Crippen molar-refractivity contribution < 1.29 is 0 Å². The summed E-state index contributed by atoms with van der Waals surface area (Å²) in [5.41, 5.74) is 2.51. The zero-order valence-electron chi connectivity index (χ0n) is 10.8. The molecule has 0 fully saturated rings. The highest BCUT2D eigenvalue weighted by Gasteiger charge is 2.02. The molecule has 0 radical (unpaired) electrons. The van der Waals surface area contributed by atoms with Crippen LogP contribution in [0.25, 0.3) is 0 Å². The van der Waals surface area contributed by atoms with Crippen LogP contribution < -0.4 is 5.32 Å². The largest absolute Gasteiger partial charge is 0.380 e. The van der Waals surface area contributed by atoms with E-state index in [0.717, 1.165) is 25.1 Å². The molecule has 0 bridgehead atoms. The van der Waals surface area contributed by atoms with Crippen molar-refractivity contribution in [2.24, 2.45) is 0 Å². The summed E-state index contributed by atoms with van der Waals surface area (Å²) in [7, 11) is 0. The van der Waals surface area contributed by atoms with Gasteiger partial charge >= 0.3 is 0 Å². The summed E-state index contributed by atoms with van der Waals surface area (Å²) in [6.07, 6.45) is 8.52. The minimum atomic E-state index is 0.491. The number of rotatable bonds is 6. The molecule has 3 heteroatoms. The van der Waals surface area contributed by atoms with Gasteiger partial charge in [-0.15, -0.1) is 0 Å². The summed E-state index contributed by atoms with van der Waals surface area (Å²) in [6, 6.07) is 0.491. The van der Waals surface area contributed by atoms with Crippen LogP contribution in [-0.2, 0) is 6.54 Å². The fourth-order valence-corrected chi connectivity index (χ4v) is 1.59. The Labute approximate surface area is 98.5 Å². The molecule has 90 valence electrons. The molecule has 1 unspecified atom stereocenters. The van der Waals surface area contributed by atoms with Crippen molar-refractivity contribution in [3.63, 3.8) is 0 Å². The predicted octanol–water partition coefficient (Wildman–Crippen LogP) is 3.45. The van der Waals surface area contributed by atoms with Crippen LogP contribution in [0.4, 0.5) is 5.69 Å². The molecule has 3 nitrogen and oxygen atoms in total. The van der Waals surface area contributed by atoms with E-state index in [1.807, 2.05) is 10.9 Å². The van der Waals surface area contributed by atoms with Crippen molar-refractivity contribution in [1.29, 1.82) is 0 Å². The third-order valence-electron chi connectivity index (χ3n) is 2.52. The van der Waals surface area contributed by atoms with Gasteiger partial charge in [-0.2, -0.15) is 5.10 Å². The van der Waals surface area contributed by atoms with E-state index < -0.39 is 0 Å². The molecule has 0 saturated carbocycles. The molecule has 1 heterocycles. The van der Waals surface area contributed by atoms with Gasteiger partial charge in [-0.3, -0.25) is 4.68 Å². The van der Waals surface area contributed by atoms with Crippen LogP contribution in [-0.4, -0.2) is 15.8 Å². The summed E-state index contributed by atoms with van der Waals surface area (Å²) in [4.78, 5) is 0. The fourth-order valence-electron chi connectivity index (χ4n) is 1.59. The van der Waals surface area contributed by atoms with Crippen molar-refractivity contribution in [2.45, 2.75) is 53.1 Å². The lowest BCUT2D eigenvalue weighted by Crippen LogP contribution is -2.14. The summed E-state index contributed by atoms with van der Waals surface area (Å²) in [6.45, 7) is 9.51. The third-order valence-corrected chi connectivity index (χ3v) is 2.52. The fraction of sp³-hybridized carbons (Fsp3) is 0.615. The highest BCUT2D eigenvalue weighted by atomic mass is 15.3. The number of nitrogens with one attached hydrogen (secondary N) is 1. The van der Waals surface area contributed by atoms with Crippen molar-refractivity contribution in [3.8, 4) is 0 Å². The van der Waals surface area contributed by atoms with Crippen LogP contribution in [0, 0.1) is 0 Å². The number of hydrogen-bond acceptors (Lipinski definition) is 2. The van der Waals surface area contributed by atoms with Crippen molar-refractivity contribution in [2.75, 3.05) is 5.32 Å². The number of aromatic nitrogens is 2. The lowest BCUT2D eigenvalue weighted by molar-refractivity contribution is 0.659. The summed E-state index contributed by atoms with van der Waals surface area (Å²) in [5, 5.41) is 7.70. The molecule has 0 aliphatic heterocycles. The highest BCUT2D eigenvalue weighted by Crippen LogP contribution is 2.10. The molecule has 1 N–H and O–H groups in total. The van der Waals surface area contributed by atoms with Gasteiger partial charge in [0.1, 0.15) is 0 Å². The molecule has 0 aromatic carbocycles. The molecule has 0 amide bonds. The van der Waals surface area contributed by atoms with Gasteiger partial charge in [0.15, 0.2) is 0 Å². The lowest BCUT2D eigenvalue weighted by Gasteiger charge is -2.12. The third kappa shape index (κ3) is 4.51. The first-order valence-corrected chi connectivity index (χ1v) is 6.04. The van der Waals surface area contributed by atoms with Crippen LogP contribution in [0.15, 0.2) is 24.0 Å². The quantitative estimate of drug-likeness (QED) is 0.746. The minimum Gasteiger partial charge on any atom is -0.380 e. The Balaban J connectivity index is 2.33. The van der Waals surface area contributed by atoms with Crippen LogP contribution in [0.5, 0.6) is 0 Å². The van der Waals surface area contributed by atoms with E-state index in [0.29, 0.717) is 6.04 Å². The van der Waals surface area contributed by atoms with Gasteiger partial charge in [-0.25, -0.2) is 0 Å². The predicted molar refractivity (Wildman–Crippen MR) is 69.7 cm³/mol. The molecular formula is C13H23N3. The number of allylic oxidation sites excluding steroid dienone is 2. The first-order chi connectivity index (χ1) is 7.61. The first kappa shape index (κ1) is 12.8. The zero-order valence-corrected chi connectivity index (χ0v) is 10.8. The molecule has 0 spiro atoms. The van der Waals surface area contributed by atoms with E-state index in [2.05, 4.69) is 50.4 Å². The number of hydrogen-bond donors (Lipinski definition) is 1. The minimum absolute atomic E-state index is 0.491. The zero-order chi connectivity index (χ0) is 12.0. The van der Waals surface area contributed by atoms with E-state index in [1.54, 1.807) is 0 Å². The second-order valence-electron chi connectivity index (χ2n) is 4.49. The van der Waals surface area contributed by atoms with Crippen molar-refractivity contribution in [3.05, 3.63) is 24.0 Å². The lowest BCUT2D eigenvalue weighted by atomic mass is 10.1. The SMILES string of the molecule is CCn1cc(NC(C)CCC=C(C)C)cn1. The highest BCUT2D eigenvalue weighted by molar-refractivity contribution is 5.38. The van der Waals surface area contributed by atoms with Gasteiger partial charge in [0, 0.05) is 18.8 Å². The molecule has 16 heavy (non-hydrogen) atoms. The summed E-state index contributed by atoms with van der Waals surface area (Å²) < 4.78 is 1.94. The van der Waals surface area contributed by atoms with Gasteiger partial charge in [-0.05, 0) is 40.5 Å². The van der Waals surface area contributed by atoms with Gasteiger partial charge in [0.05, 0.1) is 11.9 Å².